The Hall–Kier alpha value is -1.82. The number of hydrogen-bond donors (Lipinski definition) is 2. The van der Waals surface area contributed by atoms with Gasteiger partial charge in [0.05, 0.1) is 5.56 Å². The van der Waals surface area contributed by atoms with E-state index in [1.54, 1.807) is 11.9 Å². The van der Waals surface area contributed by atoms with Crippen molar-refractivity contribution in [3.63, 3.8) is 0 Å². The minimum absolute atomic E-state index is 0.140. The average Bonchev–Trinajstić information content (AvgIpc) is 2.38. The van der Waals surface area contributed by atoms with E-state index < -0.39 is 5.56 Å². The molecule has 0 unspecified atom stereocenters. The Bertz CT molecular complexity index is 518. The number of nitrogens with zero attached hydrogens (tertiary/aromatic N) is 2. The lowest BCUT2D eigenvalue weighted by Gasteiger charge is -2.35. The lowest BCUT2D eigenvalue weighted by molar-refractivity contribution is 0.0656. The molecule has 6 heteroatoms. The van der Waals surface area contributed by atoms with E-state index in [0.29, 0.717) is 0 Å². The Morgan fingerprint density at radius 3 is 2.68 bits per heavy atom. The predicted molar refractivity (Wildman–Crippen MR) is 71.3 cm³/mol. The minimum atomic E-state index is -0.420. The number of piperidine rings is 1. The fourth-order valence-electron chi connectivity index (χ4n) is 2.37. The molecular weight excluding hydrogens is 246 g/mol. The van der Waals surface area contributed by atoms with Crippen LogP contribution in [0.15, 0.2) is 17.1 Å². The number of pyridine rings is 1. The van der Waals surface area contributed by atoms with Gasteiger partial charge < -0.3 is 19.9 Å². The Kier molecular flexibility index (Phi) is 3.90. The molecular formula is C13H19N3O3. The number of amides is 1. The van der Waals surface area contributed by atoms with Gasteiger partial charge in [-0.05, 0) is 33.0 Å². The van der Waals surface area contributed by atoms with E-state index in [-0.39, 0.29) is 23.3 Å². The molecule has 0 aromatic carbocycles. The van der Waals surface area contributed by atoms with Crippen LogP contribution in [0.2, 0.25) is 0 Å². The number of carbonyl (C=O) groups excluding carboxylic acids is 1. The second kappa shape index (κ2) is 5.44. The number of rotatable bonds is 2. The molecule has 104 valence electrons. The van der Waals surface area contributed by atoms with Crippen LogP contribution in [-0.2, 0) is 0 Å². The Morgan fingerprint density at radius 1 is 1.47 bits per heavy atom. The highest BCUT2D eigenvalue weighted by atomic mass is 16.3. The van der Waals surface area contributed by atoms with Gasteiger partial charge in [0.1, 0.15) is 5.75 Å². The Morgan fingerprint density at radius 2 is 2.11 bits per heavy atom. The van der Waals surface area contributed by atoms with Crippen molar-refractivity contribution in [3.8, 4) is 5.75 Å². The lowest BCUT2D eigenvalue weighted by atomic mass is 10.0. The van der Waals surface area contributed by atoms with Gasteiger partial charge in [-0.3, -0.25) is 9.59 Å². The summed E-state index contributed by atoms with van der Waals surface area (Å²) in [4.78, 5) is 29.6. The van der Waals surface area contributed by atoms with Gasteiger partial charge in [-0.2, -0.15) is 0 Å². The predicted octanol–water partition coefficient (Wildman–Crippen LogP) is 0.247. The summed E-state index contributed by atoms with van der Waals surface area (Å²) in [7, 11) is 3.80. The van der Waals surface area contributed by atoms with E-state index in [1.807, 2.05) is 0 Å². The molecule has 0 bridgehead atoms. The van der Waals surface area contributed by atoms with Gasteiger partial charge in [0, 0.05) is 25.4 Å². The zero-order valence-corrected chi connectivity index (χ0v) is 11.2. The molecule has 1 aromatic rings. The highest BCUT2D eigenvalue weighted by Gasteiger charge is 2.26. The van der Waals surface area contributed by atoms with Crippen LogP contribution in [0.5, 0.6) is 5.75 Å². The highest BCUT2D eigenvalue weighted by molar-refractivity contribution is 5.96. The topological polar surface area (TPSA) is 76.6 Å². The monoisotopic (exact) mass is 265 g/mol. The summed E-state index contributed by atoms with van der Waals surface area (Å²) in [6, 6.07) is 1.20. The lowest BCUT2D eigenvalue weighted by Crippen LogP contribution is -2.44. The second-order valence-electron chi connectivity index (χ2n) is 5.05. The summed E-state index contributed by atoms with van der Waals surface area (Å²) in [5, 5.41) is 9.68. The van der Waals surface area contributed by atoms with E-state index in [1.165, 1.54) is 6.20 Å². The van der Waals surface area contributed by atoms with Gasteiger partial charge in [-0.25, -0.2) is 0 Å². The van der Waals surface area contributed by atoms with Crippen molar-refractivity contribution >= 4 is 5.91 Å². The quantitative estimate of drug-likeness (QED) is 0.803. The molecule has 19 heavy (non-hydrogen) atoms. The molecule has 0 saturated carbocycles. The van der Waals surface area contributed by atoms with E-state index >= 15 is 0 Å². The first-order valence-corrected chi connectivity index (χ1v) is 6.36. The number of carbonyl (C=O) groups is 1. The molecule has 1 aliphatic heterocycles. The first-order chi connectivity index (χ1) is 8.99. The largest absolute Gasteiger partial charge is 0.507 e. The van der Waals surface area contributed by atoms with Crippen molar-refractivity contribution in [1.82, 2.24) is 14.8 Å². The van der Waals surface area contributed by atoms with Crippen LogP contribution in [0.1, 0.15) is 23.2 Å². The zero-order chi connectivity index (χ0) is 14.0. The number of hydrogen-bond acceptors (Lipinski definition) is 4. The van der Waals surface area contributed by atoms with Gasteiger partial charge in [-0.1, -0.05) is 0 Å². The first-order valence-electron chi connectivity index (χ1n) is 6.36. The minimum Gasteiger partial charge on any atom is -0.507 e. The van der Waals surface area contributed by atoms with Crippen LogP contribution >= 0.6 is 0 Å². The summed E-state index contributed by atoms with van der Waals surface area (Å²) in [6.45, 7) is 1.92. The van der Waals surface area contributed by atoms with Crippen molar-refractivity contribution in [2.45, 2.75) is 18.9 Å². The highest BCUT2D eigenvalue weighted by Crippen LogP contribution is 2.20. The standard InChI is InChI=1S/C13H19N3O3/c1-15-5-3-9(4-6-15)16(2)13(19)10-8-14-12(18)7-11(10)17/h7-9H,3-6H2,1-2H3,(H2,14,17,18). The molecule has 2 N–H and O–H groups in total. The normalized spacial score (nSPS) is 17.4. The third-order valence-electron chi connectivity index (χ3n) is 3.69. The number of aromatic amines is 1. The molecule has 0 radical (unpaired) electrons. The van der Waals surface area contributed by atoms with Crippen molar-refractivity contribution in [3.05, 3.63) is 28.2 Å². The smallest absolute Gasteiger partial charge is 0.259 e. The van der Waals surface area contributed by atoms with Crippen LogP contribution in [0.25, 0.3) is 0 Å². The number of aromatic hydroxyl groups is 1. The van der Waals surface area contributed by atoms with Crippen LogP contribution in [0, 0.1) is 0 Å². The molecule has 0 aliphatic carbocycles. The zero-order valence-electron chi connectivity index (χ0n) is 11.2. The van der Waals surface area contributed by atoms with E-state index in [2.05, 4.69) is 16.9 Å². The number of H-pyrrole nitrogens is 1. The SMILES string of the molecule is CN1CCC(N(C)C(=O)c2c[nH]c(=O)cc2O)CC1. The van der Waals surface area contributed by atoms with E-state index in [9.17, 15) is 14.7 Å². The maximum Gasteiger partial charge on any atom is 0.259 e. The summed E-state index contributed by atoms with van der Waals surface area (Å²) in [6.07, 6.45) is 3.11. The second-order valence-corrected chi connectivity index (χ2v) is 5.05. The first kappa shape index (κ1) is 13.6. The van der Waals surface area contributed by atoms with Crippen LogP contribution in [0.3, 0.4) is 0 Å². The van der Waals surface area contributed by atoms with Crippen molar-refractivity contribution in [2.24, 2.45) is 0 Å². The summed E-state index contributed by atoms with van der Waals surface area (Å²) in [5.74, 6) is -0.531. The molecule has 1 aliphatic rings. The van der Waals surface area contributed by atoms with E-state index in [0.717, 1.165) is 32.0 Å². The van der Waals surface area contributed by atoms with Crippen LogP contribution < -0.4 is 5.56 Å². The van der Waals surface area contributed by atoms with Gasteiger partial charge in [0.2, 0.25) is 0 Å². The molecule has 1 saturated heterocycles. The van der Waals surface area contributed by atoms with Crippen molar-refractivity contribution in [1.29, 1.82) is 0 Å². The third-order valence-corrected chi connectivity index (χ3v) is 3.69. The maximum atomic E-state index is 12.3. The van der Waals surface area contributed by atoms with Gasteiger partial charge >= 0.3 is 0 Å². The van der Waals surface area contributed by atoms with Crippen LogP contribution in [0.4, 0.5) is 0 Å². The third kappa shape index (κ3) is 2.96. The molecule has 2 rings (SSSR count). The fourth-order valence-corrected chi connectivity index (χ4v) is 2.37. The van der Waals surface area contributed by atoms with Crippen molar-refractivity contribution < 1.29 is 9.90 Å². The molecule has 1 fully saturated rings. The molecule has 6 nitrogen and oxygen atoms in total. The summed E-state index contributed by atoms with van der Waals surface area (Å²) >= 11 is 0. The maximum absolute atomic E-state index is 12.3. The number of likely N-dealkylation sites (tertiary alicyclic amines) is 1. The van der Waals surface area contributed by atoms with E-state index in [4.69, 9.17) is 0 Å². The summed E-state index contributed by atoms with van der Waals surface area (Å²) < 4.78 is 0. The van der Waals surface area contributed by atoms with Gasteiger partial charge in [-0.15, -0.1) is 0 Å². The Balaban J connectivity index is 2.12. The number of aromatic nitrogens is 1. The number of nitrogens with one attached hydrogen (secondary N) is 1. The molecule has 1 aromatic heterocycles. The van der Waals surface area contributed by atoms with Crippen molar-refractivity contribution in [2.75, 3.05) is 27.2 Å². The Labute approximate surface area is 111 Å². The average molecular weight is 265 g/mol. The van der Waals surface area contributed by atoms with Gasteiger partial charge in [0.25, 0.3) is 11.5 Å². The molecule has 2 heterocycles. The van der Waals surface area contributed by atoms with Crippen LogP contribution in [-0.4, -0.2) is 59.0 Å². The fraction of sp³-hybridized carbons (Fsp3) is 0.538. The summed E-state index contributed by atoms with van der Waals surface area (Å²) in [5.41, 5.74) is -0.281. The van der Waals surface area contributed by atoms with Gasteiger partial charge in [0.15, 0.2) is 0 Å². The molecule has 0 atom stereocenters. The molecule has 1 amide bonds. The molecule has 0 spiro atoms.